The Kier molecular flexibility index (Phi) is 6.50. The quantitative estimate of drug-likeness (QED) is 0.745. The smallest absolute Gasteiger partial charge is 0.236 e. The number of amides is 1. The van der Waals surface area contributed by atoms with Gasteiger partial charge in [-0.3, -0.25) is 4.79 Å². The minimum atomic E-state index is -0.150. The number of rotatable bonds is 8. The van der Waals surface area contributed by atoms with Gasteiger partial charge >= 0.3 is 0 Å². The third kappa shape index (κ3) is 5.36. The summed E-state index contributed by atoms with van der Waals surface area (Å²) in [6, 6.07) is 4.01. The van der Waals surface area contributed by atoms with E-state index in [4.69, 9.17) is 4.42 Å². The topological polar surface area (TPSA) is 54.3 Å². The fourth-order valence-electron chi connectivity index (χ4n) is 1.80. The lowest BCUT2D eigenvalue weighted by Crippen LogP contribution is -2.46. The second kappa shape index (κ2) is 7.93. The van der Waals surface area contributed by atoms with E-state index < -0.39 is 0 Å². The number of hydrogen-bond donors (Lipinski definition) is 2. The van der Waals surface area contributed by atoms with Crippen LogP contribution < -0.4 is 10.6 Å². The summed E-state index contributed by atoms with van der Waals surface area (Å²) in [5.74, 6) is 1.06. The van der Waals surface area contributed by atoms with Crippen LogP contribution in [0.1, 0.15) is 39.4 Å². The van der Waals surface area contributed by atoms with Crippen LogP contribution in [0.15, 0.2) is 22.8 Å². The molecule has 1 amide bonds. The number of carbonyl (C=O) groups is 1. The highest BCUT2D eigenvalue weighted by Crippen LogP contribution is 2.06. The van der Waals surface area contributed by atoms with Crippen molar-refractivity contribution in [1.29, 1.82) is 0 Å². The van der Waals surface area contributed by atoms with Crippen LogP contribution in [0.4, 0.5) is 0 Å². The van der Waals surface area contributed by atoms with E-state index in [1.807, 2.05) is 26.0 Å². The molecule has 0 aliphatic carbocycles. The molecule has 1 aromatic heterocycles. The Labute approximate surface area is 109 Å². The molecule has 0 aromatic carbocycles. The van der Waals surface area contributed by atoms with E-state index in [-0.39, 0.29) is 18.0 Å². The molecule has 0 fully saturated rings. The predicted octanol–water partition coefficient (Wildman–Crippen LogP) is 2.10. The van der Waals surface area contributed by atoms with Crippen LogP contribution in [0.2, 0.25) is 0 Å². The van der Waals surface area contributed by atoms with Crippen molar-refractivity contribution in [2.45, 2.75) is 52.1 Å². The first-order chi connectivity index (χ1) is 8.63. The molecule has 0 bridgehead atoms. The molecule has 4 nitrogen and oxygen atoms in total. The van der Waals surface area contributed by atoms with Crippen molar-refractivity contribution < 1.29 is 9.21 Å². The maximum Gasteiger partial charge on any atom is 0.236 e. The molecule has 2 N–H and O–H groups in total. The molecule has 0 radical (unpaired) electrons. The second-order valence-electron chi connectivity index (χ2n) is 4.70. The van der Waals surface area contributed by atoms with Crippen molar-refractivity contribution in [3.8, 4) is 0 Å². The molecule has 4 heteroatoms. The van der Waals surface area contributed by atoms with Crippen LogP contribution in [-0.2, 0) is 11.2 Å². The second-order valence-corrected chi connectivity index (χ2v) is 4.70. The van der Waals surface area contributed by atoms with Gasteiger partial charge in [0.05, 0.1) is 12.3 Å². The standard InChI is InChI=1S/C14H24N2O2/c1-4-9-15-14(17)12(3)16-11(2)7-8-13-6-5-10-18-13/h5-6,10-12,16H,4,7-9H2,1-3H3,(H,15,17). The fraction of sp³-hybridized carbons (Fsp3) is 0.643. The molecule has 0 saturated heterocycles. The van der Waals surface area contributed by atoms with Gasteiger partial charge in [0.15, 0.2) is 0 Å². The summed E-state index contributed by atoms with van der Waals surface area (Å²) in [4.78, 5) is 11.7. The Hall–Kier alpha value is -1.29. The number of nitrogens with one attached hydrogen (secondary N) is 2. The molecule has 0 aliphatic rings. The van der Waals surface area contributed by atoms with Gasteiger partial charge in [0.25, 0.3) is 0 Å². The Balaban J connectivity index is 2.22. The molecule has 1 heterocycles. The SMILES string of the molecule is CCCNC(=O)C(C)NC(C)CCc1ccco1. The van der Waals surface area contributed by atoms with Crippen LogP contribution in [0, 0.1) is 0 Å². The van der Waals surface area contributed by atoms with Crippen LogP contribution in [0.5, 0.6) is 0 Å². The monoisotopic (exact) mass is 252 g/mol. The third-order valence-electron chi connectivity index (χ3n) is 2.88. The first-order valence-electron chi connectivity index (χ1n) is 6.69. The van der Waals surface area contributed by atoms with Gasteiger partial charge in [0, 0.05) is 19.0 Å². The lowest BCUT2D eigenvalue weighted by molar-refractivity contribution is -0.122. The van der Waals surface area contributed by atoms with E-state index in [9.17, 15) is 4.79 Å². The highest BCUT2D eigenvalue weighted by molar-refractivity contribution is 5.81. The Morgan fingerprint density at radius 1 is 1.44 bits per heavy atom. The van der Waals surface area contributed by atoms with Crippen molar-refractivity contribution in [2.75, 3.05) is 6.54 Å². The average Bonchev–Trinajstić information content (AvgIpc) is 2.86. The fourth-order valence-corrected chi connectivity index (χ4v) is 1.80. The molecule has 2 atom stereocenters. The van der Waals surface area contributed by atoms with Crippen molar-refractivity contribution in [2.24, 2.45) is 0 Å². The lowest BCUT2D eigenvalue weighted by atomic mass is 10.1. The Bertz CT molecular complexity index is 336. The van der Waals surface area contributed by atoms with E-state index in [1.54, 1.807) is 6.26 Å². The van der Waals surface area contributed by atoms with E-state index in [0.29, 0.717) is 0 Å². The van der Waals surface area contributed by atoms with Gasteiger partial charge in [0.2, 0.25) is 5.91 Å². The van der Waals surface area contributed by atoms with Crippen LogP contribution in [-0.4, -0.2) is 24.5 Å². The molecule has 102 valence electrons. The molecule has 0 aliphatic heterocycles. The van der Waals surface area contributed by atoms with E-state index in [0.717, 1.165) is 31.6 Å². The summed E-state index contributed by atoms with van der Waals surface area (Å²) in [5, 5.41) is 6.18. The molecule has 1 rings (SSSR count). The third-order valence-corrected chi connectivity index (χ3v) is 2.88. The van der Waals surface area contributed by atoms with Crippen LogP contribution in [0.3, 0.4) is 0 Å². The molecular formula is C14H24N2O2. The first kappa shape index (κ1) is 14.8. The largest absolute Gasteiger partial charge is 0.469 e. The van der Waals surface area contributed by atoms with Gasteiger partial charge in [-0.25, -0.2) is 0 Å². The zero-order valence-electron chi connectivity index (χ0n) is 11.5. The predicted molar refractivity (Wildman–Crippen MR) is 72.4 cm³/mol. The summed E-state index contributed by atoms with van der Waals surface area (Å²) in [6.07, 6.45) is 4.50. The zero-order valence-corrected chi connectivity index (χ0v) is 11.5. The number of furan rings is 1. The Morgan fingerprint density at radius 3 is 2.83 bits per heavy atom. The average molecular weight is 252 g/mol. The highest BCUT2D eigenvalue weighted by Gasteiger charge is 2.14. The maximum atomic E-state index is 11.7. The van der Waals surface area contributed by atoms with Crippen molar-refractivity contribution in [3.63, 3.8) is 0 Å². The maximum absolute atomic E-state index is 11.7. The van der Waals surface area contributed by atoms with Gasteiger partial charge in [-0.05, 0) is 38.8 Å². The number of hydrogen-bond acceptors (Lipinski definition) is 3. The Morgan fingerprint density at radius 2 is 2.22 bits per heavy atom. The van der Waals surface area contributed by atoms with Gasteiger partial charge < -0.3 is 15.1 Å². The van der Waals surface area contributed by atoms with Crippen molar-refractivity contribution in [1.82, 2.24) is 10.6 Å². The minimum Gasteiger partial charge on any atom is -0.469 e. The van der Waals surface area contributed by atoms with Gasteiger partial charge in [0.1, 0.15) is 5.76 Å². The molecule has 1 aromatic rings. The summed E-state index contributed by atoms with van der Waals surface area (Å²) < 4.78 is 5.28. The van der Waals surface area contributed by atoms with Crippen molar-refractivity contribution in [3.05, 3.63) is 24.2 Å². The highest BCUT2D eigenvalue weighted by atomic mass is 16.3. The molecule has 2 unspecified atom stereocenters. The summed E-state index contributed by atoms with van der Waals surface area (Å²) in [5.41, 5.74) is 0. The summed E-state index contributed by atoms with van der Waals surface area (Å²) in [7, 11) is 0. The molecular weight excluding hydrogens is 228 g/mol. The minimum absolute atomic E-state index is 0.0710. The van der Waals surface area contributed by atoms with Crippen LogP contribution >= 0.6 is 0 Å². The molecule has 18 heavy (non-hydrogen) atoms. The van der Waals surface area contributed by atoms with Gasteiger partial charge in [-0.15, -0.1) is 0 Å². The summed E-state index contributed by atoms with van der Waals surface area (Å²) >= 11 is 0. The normalized spacial score (nSPS) is 14.2. The van der Waals surface area contributed by atoms with E-state index in [2.05, 4.69) is 17.6 Å². The van der Waals surface area contributed by atoms with E-state index in [1.165, 1.54) is 0 Å². The molecule has 0 saturated carbocycles. The van der Waals surface area contributed by atoms with Crippen LogP contribution in [0.25, 0.3) is 0 Å². The van der Waals surface area contributed by atoms with Crippen molar-refractivity contribution >= 4 is 5.91 Å². The number of aryl methyl sites for hydroxylation is 1. The van der Waals surface area contributed by atoms with Gasteiger partial charge in [-0.2, -0.15) is 0 Å². The van der Waals surface area contributed by atoms with Gasteiger partial charge in [-0.1, -0.05) is 6.92 Å². The molecule has 0 spiro atoms. The lowest BCUT2D eigenvalue weighted by Gasteiger charge is -2.19. The number of carbonyl (C=O) groups excluding carboxylic acids is 1. The first-order valence-corrected chi connectivity index (χ1v) is 6.69. The zero-order chi connectivity index (χ0) is 13.4. The summed E-state index contributed by atoms with van der Waals surface area (Å²) in [6.45, 7) is 6.77. The van der Waals surface area contributed by atoms with E-state index >= 15 is 0 Å².